The van der Waals surface area contributed by atoms with E-state index in [1.807, 2.05) is 6.92 Å². The third kappa shape index (κ3) is 2.85. The molecule has 0 unspecified atom stereocenters. The number of sulfonamides is 1. The second kappa shape index (κ2) is 8.14. The Bertz CT molecular complexity index is 1690. The zero-order chi connectivity index (χ0) is 27.2. The molecular weight excluding hydrogens is 592 g/mol. The molecule has 3 aromatic carbocycles. The zero-order valence-corrected chi connectivity index (χ0v) is 23.7. The highest BCUT2D eigenvalue weighted by Crippen LogP contribution is 2.66. The lowest BCUT2D eigenvalue weighted by Gasteiger charge is -2.34. The molecule has 38 heavy (non-hydrogen) atoms. The molecule has 194 valence electrons. The summed E-state index contributed by atoms with van der Waals surface area (Å²) >= 11 is 4.40. The summed E-state index contributed by atoms with van der Waals surface area (Å²) in [6.45, 7) is 1.83. The van der Waals surface area contributed by atoms with Crippen molar-refractivity contribution in [3.8, 4) is 0 Å². The maximum Gasteiger partial charge on any atom is 0.367 e. The van der Waals surface area contributed by atoms with Crippen LogP contribution < -0.4 is 9.21 Å². The van der Waals surface area contributed by atoms with E-state index in [0.29, 0.717) is 21.3 Å². The second-order valence-corrected chi connectivity index (χ2v) is 13.0. The number of aryl methyl sites for hydroxylation is 1. The number of carbonyl (C=O) groups excluding carboxylic acids is 1. The van der Waals surface area contributed by atoms with Gasteiger partial charge in [-0.25, -0.2) is 8.42 Å². The SMILES string of the molecule is CSC1=N[C@@]2(C(=O)N(C)c3ccccc32)[C@@H]2c3ccc(Br)cc3N(S(=O)(=O)c3ccc(C)cc3)[C@]12[N+](=O)[O-]. The van der Waals surface area contributed by atoms with Crippen molar-refractivity contribution in [1.29, 1.82) is 0 Å². The Morgan fingerprint density at radius 2 is 1.76 bits per heavy atom. The van der Waals surface area contributed by atoms with Crippen LogP contribution in [0.15, 0.2) is 81.1 Å². The fraction of sp³-hybridized carbons (Fsp3) is 0.231. The average molecular weight is 614 g/mol. The van der Waals surface area contributed by atoms with Crippen LogP contribution in [0.2, 0.25) is 0 Å². The number of fused-ring (bicyclic) bond motifs is 6. The van der Waals surface area contributed by atoms with Crippen molar-refractivity contribution < 1.29 is 18.1 Å². The van der Waals surface area contributed by atoms with Gasteiger partial charge >= 0.3 is 5.66 Å². The van der Waals surface area contributed by atoms with Crippen LogP contribution in [0.4, 0.5) is 11.4 Å². The van der Waals surface area contributed by atoms with Crippen molar-refractivity contribution in [3.05, 3.63) is 98.0 Å². The Labute approximate surface area is 231 Å². The van der Waals surface area contributed by atoms with E-state index in [1.165, 1.54) is 17.0 Å². The van der Waals surface area contributed by atoms with Crippen LogP contribution in [0.3, 0.4) is 0 Å². The minimum Gasteiger partial charge on any atom is -0.313 e. The number of hydrogen-bond donors (Lipinski definition) is 0. The average Bonchev–Trinajstić information content (AvgIpc) is 3.44. The van der Waals surface area contributed by atoms with Gasteiger partial charge in [-0.3, -0.25) is 19.9 Å². The van der Waals surface area contributed by atoms with Gasteiger partial charge in [-0.05, 0) is 49.1 Å². The van der Waals surface area contributed by atoms with Crippen LogP contribution in [0, 0.1) is 17.0 Å². The van der Waals surface area contributed by atoms with Crippen molar-refractivity contribution in [2.45, 2.75) is 28.9 Å². The lowest BCUT2D eigenvalue weighted by Crippen LogP contribution is -2.62. The summed E-state index contributed by atoms with van der Waals surface area (Å²) in [7, 11) is -2.88. The predicted molar refractivity (Wildman–Crippen MR) is 150 cm³/mol. The summed E-state index contributed by atoms with van der Waals surface area (Å²) in [6, 6.07) is 18.1. The third-order valence-corrected chi connectivity index (χ3v) is 10.7. The molecule has 0 saturated heterocycles. The van der Waals surface area contributed by atoms with Gasteiger partial charge in [0.2, 0.25) is 0 Å². The minimum atomic E-state index is -4.49. The minimum absolute atomic E-state index is 0.0473. The molecule has 0 aromatic heterocycles. The molecule has 3 atom stereocenters. The molecular formula is C26H21BrN4O5S2. The molecule has 0 radical (unpaired) electrons. The van der Waals surface area contributed by atoms with Crippen molar-refractivity contribution in [2.75, 3.05) is 22.5 Å². The van der Waals surface area contributed by atoms with Crippen LogP contribution in [-0.4, -0.2) is 43.3 Å². The molecule has 6 rings (SSSR count). The summed E-state index contributed by atoms with van der Waals surface area (Å²) in [5.41, 5.74) is -1.64. The van der Waals surface area contributed by atoms with E-state index < -0.39 is 38.0 Å². The van der Waals surface area contributed by atoms with Gasteiger partial charge in [0.05, 0.1) is 15.5 Å². The Hall–Kier alpha value is -3.22. The highest BCUT2D eigenvalue weighted by atomic mass is 79.9. The number of aliphatic imine (C=N–C) groups is 1. The quantitative estimate of drug-likeness (QED) is 0.314. The number of amides is 1. The maximum atomic E-state index is 14.4. The van der Waals surface area contributed by atoms with Gasteiger partial charge in [-0.15, -0.1) is 11.8 Å². The number of para-hydroxylation sites is 1. The number of hydrogen-bond acceptors (Lipinski definition) is 7. The molecule has 0 bridgehead atoms. The number of likely N-dealkylation sites (N-methyl/N-ethyl adjacent to an activating group) is 1. The number of carbonyl (C=O) groups is 1. The van der Waals surface area contributed by atoms with E-state index >= 15 is 0 Å². The maximum absolute atomic E-state index is 14.4. The van der Waals surface area contributed by atoms with Crippen molar-refractivity contribution in [3.63, 3.8) is 0 Å². The number of nitro groups is 1. The predicted octanol–water partition coefficient (Wildman–Crippen LogP) is 4.67. The molecule has 3 heterocycles. The van der Waals surface area contributed by atoms with Gasteiger partial charge in [0.1, 0.15) is 5.92 Å². The lowest BCUT2D eigenvalue weighted by molar-refractivity contribution is -0.545. The zero-order valence-electron chi connectivity index (χ0n) is 20.5. The molecule has 0 saturated carbocycles. The first-order valence-corrected chi connectivity index (χ1v) is 15.1. The van der Waals surface area contributed by atoms with E-state index in [-0.39, 0.29) is 15.6 Å². The van der Waals surface area contributed by atoms with Crippen LogP contribution in [0.1, 0.15) is 22.6 Å². The van der Waals surface area contributed by atoms with E-state index in [9.17, 15) is 23.3 Å². The van der Waals surface area contributed by atoms with Gasteiger partial charge in [-0.1, -0.05) is 57.9 Å². The summed E-state index contributed by atoms with van der Waals surface area (Å²) in [6.07, 6.45) is 1.62. The largest absolute Gasteiger partial charge is 0.367 e. The molecule has 1 spiro atoms. The molecule has 3 aliphatic heterocycles. The fourth-order valence-electron chi connectivity index (χ4n) is 6.03. The molecule has 12 heteroatoms. The summed E-state index contributed by atoms with van der Waals surface area (Å²) in [4.78, 5) is 33.1. The molecule has 3 aliphatic rings. The molecule has 3 aromatic rings. The molecule has 9 nitrogen and oxygen atoms in total. The number of thioether (sulfide) groups is 1. The fourth-order valence-corrected chi connectivity index (χ4v) is 8.98. The molecule has 1 amide bonds. The third-order valence-electron chi connectivity index (χ3n) is 7.58. The molecule has 0 aliphatic carbocycles. The normalized spacial score (nSPS) is 25.4. The van der Waals surface area contributed by atoms with Gasteiger partial charge in [0.25, 0.3) is 15.9 Å². The smallest absolute Gasteiger partial charge is 0.313 e. The second-order valence-electron chi connectivity index (χ2n) is 9.47. The van der Waals surface area contributed by atoms with E-state index in [1.54, 1.807) is 67.9 Å². The van der Waals surface area contributed by atoms with Crippen molar-refractivity contribution in [2.24, 2.45) is 4.99 Å². The van der Waals surface area contributed by atoms with Crippen molar-refractivity contribution >= 4 is 60.0 Å². The van der Waals surface area contributed by atoms with Gasteiger partial charge in [0.15, 0.2) is 10.6 Å². The Morgan fingerprint density at radius 1 is 1.08 bits per heavy atom. The summed E-state index contributed by atoms with van der Waals surface area (Å²) in [5, 5.41) is 13.3. The number of anilines is 2. The number of benzene rings is 3. The summed E-state index contributed by atoms with van der Waals surface area (Å²) < 4.78 is 30.2. The van der Waals surface area contributed by atoms with Crippen LogP contribution in [0.25, 0.3) is 0 Å². The molecule has 0 fully saturated rings. The van der Waals surface area contributed by atoms with Gasteiger partial charge in [0, 0.05) is 22.8 Å². The van der Waals surface area contributed by atoms with Crippen molar-refractivity contribution in [1.82, 2.24) is 0 Å². The van der Waals surface area contributed by atoms with E-state index in [0.717, 1.165) is 21.6 Å². The first-order chi connectivity index (χ1) is 18.0. The summed E-state index contributed by atoms with van der Waals surface area (Å²) in [5.74, 6) is -1.68. The Kier molecular flexibility index (Phi) is 5.37. The van der Waals surface area contributed by atoms with Crippen LogP contribution in [-0.2, 0) is 20.4 Å². The van der Waals surface area contributed by atoms with Crippen LogP contribution in [0.5, 0.6) is 0 Å². The van der Waals surface area contributed by atoms with E-state index in [2.05, 4.69) is 15.9 Å². The number of rotatable bonds is 3. The highest BCUT2D eigenvalue weighted by molar-refractivity contribution is 9.10. The van der Waals surface area contributed by atoms with E-state index in [4.69, 9.17) is 4.99 Å². The first kappa shape index (κ1) is 25.1. The lowest BCUT2D eigenvalue weighted by atomic mass is 9.73. The number of nitrogens with zero attached hydrogens (tertiary/aromatic N) is 4. The van der Waals surface area contributed by atoms with Crippen LogP contribution >= 0.6 is 27.7 Å². The standard InChI is InChI=1S/C26H21BrN4O5S2/c1-15-8-11-17(12-9-15)38(35,36)30-21-14-16(27)10-13-18(21)22-25(28-23(37-3)26(22,30)31(33)34)19-6-4-5-7-20(19)29(2)24(25)32/h4-14,22H,1-3H3/t22-,25+,26+/m0/s1. The highest BCUT2D eigenvalue weighted by Gasteiger charge is 2.81. The molecule has 0 N–H and O–H groups in total. The number of halogens is 1. The topological polar surface area (TPSA) is 113 Å². The Morgan fingerprint density at radius 3 is 2.42 bits per heavy atom. The van der Waals surface area contributed by atoms with Gasteiger partial charge in [-0.2, -0.15) is 4.31 Å². The Balaban J connectivity index is 1.75. The monoisotopic (exact) mass is 612 g/mol. The van der Waals surface area contributed by atoms with Gasteiger partial charge < -0.3 is 4.90 Å². The first-order valence-electron chi connectivity index (χ1n) is 11.6.